The predicted molar refractivity (Wildman–Crippen MR) is 128 cm³/mol. The molecule has 6 nitrogen and oxygen atoms in total. The molecule has 0 heterocycles. The zero-order valence-electron chi connectivity index (χ0n) is 19.7. The van der Waals surface area contributed by atoms with E-state index in [0.29, 0.717) is 12.3 Å². The maximum Gasteiger partial charge on any atom is 0.411 e. The van der Waals surface area contributed by atoms with Gasteiger partial charge in [0.15, 0.2) is 0 Å². The summed E-state index contributed by atoms with van der Waals surface area (Å²) in [4.78, 5) is 12.0. The lowest BCUT2D eigenvalue weighted by atomic mass is 10.2. The Bertz CT molecular complexity index is 791. The number of carbonyl (C=O) groups is 1. The smallest absolute Gasteiger partial charge is 0.411 e. The van der Waals surface area contributed by atoms with Crippen LogP contribution in [0.4, 0.5) is 10.5 Å². The highest BCUT2D eigenvalue weighted by molar-refractivity contribution is 5.84. The first-order valence-corrected chi connectivity index (χ1v) is 11.6. The van der Waals surface area contributed by atoms with Gasteiger partial charge < -0.3 is 18.9 Å². The van der Waals surface area contributed by atoms with Crippen molar-refractivity contribution in [1.29, 1.82) is 0 Å². The van der Waals surface area contributed by atoms with Crippen LogP contribution in [-0.2, 0) is 4.74 Å². The molecule has 32 heavy (non-hydrogen) atoms. The number of nitrogens with one attached hydrogen (secondary N) is 1. The summed E-state index contributed by atoms with van der Waals surface area (Å²) in [5, 5.41) is 2.70. The molecule has 1 N–H and O–H groups in total. The van der Waals surface area contributed by atoms with Gasteiger partial charge in [0.25, 0.3) is 0 Å². The summed E-state index contributed by atoms with van der Waals surface area (Å²) in [5.41, 5.74) is 1.64. The minimum absolute atomic E-state index is 0.152. The van der Waals surface area contributed by atoms with Gasteiger partial charge in [0.2, 0.25) is 0 Å². The summed E-state index contributed by atoms with van der Waals surface area (Å²) < 4.78 is 22.3. The van der Waals surface area contributed by atoms with Crippen molar-refractivity contribution >= 4 is 11.8 Å². The fraction of sp³-hybridized carbons (Fsp3) is 0.500. The van der Waals surface area contributed by atoms with Crippen LogP contribution in [0.25, 0.3) is 0 Å². The molecule has 0 radical (unpaired) electrons. The van der Waals surface area contributed by atoms with Crippen molar-refractivity contribution in [2.75, 3.05) is 31.7 Å². The van der Waals surface area contributed by atoms with Crippen LogP contribution < -0.4 is 19.5 Å². The summed E-state index contributed by atoms with van der Waals surface area (Å²) in [5.74, 6) is 2.39. The van der Waals surface area contributed by atoms with E-state index < -0.39 is 6.09 Å². The molecule has 0 spiro atoms. The van der Waals surface area contributed by atoms with Crippen LogP contribution in [0.5, 0.6) is 17.2 Å². The van der Waals surface area contributed by atoms with Crippen LogP contribution >= 0.6 is 0 Å². The van der Waals surface area contributed by atoms with Crippen molar-refractivity contribution in [3.8, 4) is 17.2 Å². The molecule has 2 rings (SSSR count). The normalized spacial score (nSPS) is 10.5. The highest BCUT2D eigenvalue weighted by Gasteiger charge is 2.06. The van der Waals surface area contributed by atoms with E-state index in [-0.39, 0.29) is 13.2 Å². The Morgan fingerprint density at radius 2 is 1.44 bits per heavy atom. The maximum absolute atomic E-state index is 12.0. The highest BCUT2D eigenvalue weighted by Crippen LogP contribution is 2.23. The molecule has 0 aliphatic rings. The van der Waals surface area contributed by atoms with E-state index in [0.717, 1.165) is 48.7 Å². The van der Waals surface area contributed by atoms with Crippen LogP contribution in [0.15, 0.2) is 42.5 Å². The summed E-state index contributed by atoms with van der Waals surface area (Å²) in [7, 11) is 0. The van der Waals surface area contributed by atoms with Crippen LogP contribution in [-0.4, -0.2) is 32.5 Å². The van der Waals surface area contributed by atoms with Gasteiger partial charge in [0.1, 0.15) is 30.5 Å². The van der Waals surface area contributed by atoms with Crippen LogP contribution in [0.3, 0.4) is 0 Å². The molecule has 0 atom stereocenters. The van der Waals surface area contributed by atoms with Crippen molar-refractivity contribution in [2.45, 2.75) is 59.3 Å². The number of hydrogen-bond donors (Lipinski definition) is 1. The predicted octanol–water partition coefficient (Wildman–Crippen LogP) is 6.76. The minimum atomic E-state index is -0.517. The zero-order valence-corrected chi connectivity index (χ0v) is 19.7. The van der Waals surface area contributed by atoms with E-state index in [2.05, 4.69) is 19.2 Å². The summed E-state index contributed by atoms with van der Waals surface area (Å²) in [6.45, 7) is 8.15. The third-order valence-corrected chi connectivity index (χ3v) is 4.85. The quantitative estimate of drug-likeness (QED) is 0.308. The van der Waals surface area contributed by atoms with Crippen molar-refractivity contribution < 1.29 is 23.7 Å². The van der Waals surface area contributed by atoms with Crippen LogP contribution in [0, 0.1) is 6.92 Å². The van der Waals surface area contributed by atoms with E-state index in [1.165, 1.54) is 19.3 Å². The van der Waals surface area contributed by atoms with Crippen molar-refractivity contribution in [1.82, 2.24) is 0 Å². The fourth-order valence-corrected chi connectivity index (χ4v) is 3.00. The summed E-state index contributed by atoms with van der Waals surface area (Å²) in [6.07, 6.45) is 6.33. The second-order valence-electron chi connectivity index (χ2n) is 7.67. The van der Waals surface area contributed by atoms with Crippen molar-refractivity contribution in [3.05, 3.63) is 48.0 Å². The summed E-state index contributed by atoms with van der Waals surface area (Å²) >= 11 is 0. The fourth-order valence-electron chi connectivity index (χ4n) is 3.00. The first-order chi connectivity index (χ1) is 15.6. The van der Waals surface area contributed by atoms with E-state index in [4.69, 9.17) is 18.9 Å². The molecule has 0 saturated heterocycles. The minimum Gasteiger partial charge on any atom is -0.494 e. The molecule has 0 fully saturated rings. The third-order valence-electron chi connectivity index (χ3n) is 4.85. The molecule has 176 valence electrons. The topological polar surface area (TPSA) is 66.0 Å². The van der Waals surface area contributed by atoms with Gasteiger partial charge in [-0.25, -0.2) is 4.79 Å². The van der Waals surface area contributed by atoms with Crippen LogP contribution in [0.1, 0.15) is 57.9 Å². The Morgan fingerprint density at radius 1 is 0.750 bits per heavy atom. The number of rotatable bonds is 15. The lowest BCUT2D eigenvalue weighted by Crippen LogP contribution is -2.17. The molecule has 0 bridgehead atoms. The molecular formula is C26H37NO5. The molecular weight excluding hydrogens is 406 g/mol. The van der Waals surface area contributed by atoms with E-state index >= 15 is 0 Å². The molecule has 0 aliphatic heterocycles. The molecule has 1 amide bonds. The van der Waals surface area contributed by atoms with Gasteiger partial charge >= 0.3 is 6.09 Å². The number of ether oxygens (including phenoxy) is 4. The first-order valence-electron chi connectivity index (χ1n) is 11.6. The largest absolute Gasteiger partial charge is 0.494 e. The Morgan fingerprint density at radius 3 is 2.16 bits per heavy atom. The number of amides is 1. The highest BCUT2D eigenvalue weighted by atomic mass is 16.6. The van der Waals surface area contributed by atoms with Crippen molar-refractivity contribution in [2.24, 2.45) is 0 Å². The Hall–Kier alpha value is -2.89. The zero-order chi connectivity index (χ0) is 23.0. The number of unbranched alkanes of at least 4 members (excludes halogenated alkanes) is 4. The lowest BCUT2D eigenvalue weighted by molar-refractivity contribution is 0.137. The number of carbonyl (C=O) groups excluding carboxylic acids is 1. The number of aryl methyl sites for hydroxylation is 1. The number of hydrogen-bond acceptors (Lipinski definition) is 5. The second kappa shape index (κ2) is 15.0. The molecule has 0 aromatic heterocycles. The molecule has 2 aromatic carbocycles. The SMILES string of the molecule is CCCCCCOc1ccc(OCCOC(=O)Nc2ccc(OCCCC)cc2)c(C)c1. The lowest BCUT2D eigenvalue weighted by Gasteiger charge is -2.12. The Balaban J connectivity index is 1.64. The van der Waals surface area contributed by atoms with E-state index in [9.17, 15) is 4.79 Å². The van der Waals surface area contributed by atoms with Gasteiger partial charge in [-0.15, -0.1) is 0 Å². The Labute approximate surface area is 192 Å². The average molecular weight is 444 g/mol. The van der Waals surface area contributed by atoms with Gasteiger partial charge in [-0.2, -0.15) is 0 Å². The monoisotopic (exact) mass is 443 g/mol. The second-order valence-corrected chi connectivity index (χ2v) is 7.67. The molecule has 0 saturated carbocycles. The van der Waals surface area contributed by atoms with Gasteiger partial charge in [0.05, 0.1) is 13.2 Å². The third kappa shape index (κ3) is 9.94. The molecule has 2 aromatic rings. The van der Waals surface area contributed by atoms with Crippen molar-refractivity contribution in [3.63, 3.8) is 0 Å². The van der Waals surface area contributed by atoms with E-state index in [1.807, 2.05) is 37.3 Å². The molecule has 0 aliphatic carbocycles. The van der Waals surface area contributed by atoms with Crippen LogP contribution in [0.2, 0.25) is 0 Å². The molecule has 0 unspecified atom stereocenters. The van der Waals surface area contributed by atoms with Gasteiger partial charge in [0, 0.05) is 5.69 Å². The number of anilines is 1. The maximum atomic E-state index is 12.0. The van der Waals surface area contributed by atoms with E-state index in [1.54, 1.807) is 12.1 Å². The standard InChI is InChI=1S/C26H37NO5/c1-4-6-8-9-17-30-24-14-15-25(21(3)20-24)31-18-19-32-26(28)27-22-10-12-23(13-11-22)29-16-7-5-2/h10-15,20H,4-9,16-19H2,1-3H3,(H,27,28). The van der Waals surface area contributed by atoms with Gasteiger partial charge in [-0.05, 0) is 67.8 Å². The van der Waals surface area contributed by atoms with Gasteiger partial charge in [-0.3, -0.25) is 5.32 Å². The van der Waals surface area contributed by atoms with Gasteiger partial charge in [-0.1, -0.05) is 39.5 Å². The molecule has 6 heteroatoms. The average Bonchev–Trinajstić information content (AvgIpc) is 2.79. The Kier molecular flexibility index (Phi) is 11.9. The number of benzene rings is 2. The first kappa shape index (κ1) is 25.4. The summed E-state index contributed by atoms with van der Waals surface area (Å²) in [6, 6.07) is 13.0.